The average Bonchev–Trinajstić information content (AvgIpc) is 2.96. The molecule has 0 bridgehead atoms. The highest BCUT2D eigenvalue weighted by Gasteiger charge is 2.36. The summed E-state index contributed by atoms with van der Waals surface area (Å²) in [6.07, 6.45) is 3.43. The molecule has 0 amide bonds. The van der Waals surface area contributed by atoms with Crippen LogP contribution >= 0.6 is 0 Å². The summed E-state index contributed by atoms with van der Waals surface area (Å²) in [5.74, 6) is 2.35. The molecule has 41 heavy (non-hydrogen) atoms. The van der Waals surface area contributed by atoms with Gasteiger partial charge in [-0.1, -0.05) is 18.6 Å². The van der Waals surface area contributed by atoms with Crippen molar-refractivity contribution >= 4 is 17.1 Å². The first-order valence-electron chi connectivity index (χ1n) is 14.4. The number of carbonyl (C=O) groups is 1. The van der Waals surface area contributed by atoms with E-state index in [2.05, 4.69) is 4.90 Å². The molecule has 0 unspecified atom stereocenters. The number of rotatable bonds is 6. The predicted octanol–water partition coefficient (Wildman–Crippen LogP) is 6.65. The van der Waals surface area contributed by atoms with E-state index >= 15 is 0 Å². The summed E-state index contributed by atoms with van der Waals surface area (Å²) in [5, 5.41) is 10.1. The second-order valence-electron chi connectivity index (χ2n) is 12.0. The second-order valence-corrected chi connectivity index (χ2v) is 12.0. The Morgan fingerprint density at radius 3 is 2.41 bits per heavy atom. The van der Waals surface area contributed by atoms with E-state index in [1.807, 2.05) is 57.2 Å². The number of aromatic hydroxyl groups is 1. The minimum atomic E-state index is -0.626. The van der Waals surface area contributed by atoms with Gasteiger partial charge in [0.25, 0.3) is 0 Å². The lowest BCUT2D eigenvalue weighted by atomic mass is 9.84. The van der Waals surface area contributed by atoms with E-state index in [0.717, 1.165) is 53.2 Å². The summed E-state index contributed by atoms with van der Waals surface area (Å²) in [6.45, 7) is 9.71. The van der Waals surface area contributed by atoms with E-state index in [-0.39, 0.29) is 11.7 Å². The van der Waals surface area contributed by atoms with Crippen molar-refractivity contribution < 1.29 is 28.8 Å². The van der Waals surface area contributed by atoms with Gasteiger partial charge in [0.1, 0.15) is 42.0 Å². The maximum atomic E-state index is 12.6. The molecule has 1 N–H and O–H groups in total. The van der Waals surface area contributed by atoms with E-state index in [9.17, 15) is 9.90 Å². The summed E-state index contributed by atoms with van der Waals surface area (Å²) in [4.78, 5) is 15.0. The molecule has 0 radical (unpaired) electrons. The normalized spacial score (nSPS) is 18.4. The number of hydrogen-bond donors (Lipinski definition) is 1. The lowest BCUT2D eigenvalue weighted by Gasteiger charge is -2.35. The zero-order valence-electron chi connectivity index (χ0n) is 23.9. The lowest BCUT2D eigenvalue weighted by molar-refractivity contribution is -0.143. The number of fused-ring (bicyclic) bond motifs is 4. The van der Waals surface area contributed by atoms with Crippen LogP contribution in [0, 0.1) is 5.41 Å². The third-order valence-corrected chi connectivity index (χ3v) is 7.87. The molecule has 7 nitrogen and oxygen atoms in total. The molecule has 214 valence electrons. The van der Waals surface area contributed by atoms with Crippen LogP contribution in [-0.4, -0.2) is 48.8 Å². The molecule has 1 atom stereocenters. The average molecular weight is 556 g/mol. The first-order valence-corrected chi connectivity index (χ1v) is 14.4. The molecule has 1 fully saturated rings. The van der Waals surface area contributed by atoms with Gasteiger partial charge in [-0.15, -0.1) is 0 Å². The number of carbonyl (C=O) groups excluding carboxylic acids is 1. The van der Waals surface area contributed by atoms with Gasteiger partial charge in [0.2, 0.25) is 0 Å². The first-order chi connectivity index (χ1) is 19.8. The molecule has 3 aliphatic heterocycles. The second kappa shape index (κ2) is 11.1. The minimum absolute atomic E-state index is 0.151. The summed E-state index contributed by atoms with van der Waals surface area (Å²) < 4.78 is 24.5. The molecule has 3 aliphatic rings. The number of esters is 1. The van der Waals surface area contributed by atoms with Crippen LogP contribution in [0.2, 0.25) is 0 Å². The molecule has 1 saturated heterocycles. The zero-order valence-corrected chi connectivity index (χ0v) is 23.9. The molecule has 3 aromatic rings. The number of hydrogen-bond acceptors (Lipinski definition) is 7. The molecular weight excluding hydrogens is 518 g/mol. The van der Waals surface area contributed by atoms with Gasteiger partial charge in [0.05, 0.1) is 5.41 Å². The fourth-order valence-corrected chi connectivity index (χ4v) is 5.57. The maximum Gasteiger partial charge on any atom is 0.316 e. The van der Waals surface area contributed by atoms with Gasteiger partial charge in [-0.3, -0.25) is 9.69 Å². The number of ether oxygens (including phenoxy) is 4. The van der Waals surface area contributed by atoms with Crippen molar-refractivity contribution in [3.05, 3.63) is 77.4 Å². The first kappa shape index (κ1) is 27.2. The Morgan fingerprint density at radius 1 is 0.927 bits per heavy atom. The van der Waals surface area contributed by atoms with Crippen LogP contribution in [0.25, 0.3) is 11.1 Å². The quantitative estimate of drug-likeness (QED) is 0.270. The van der Waals surface area contributed by atoms with Crippen LogP contribution < -0.4 is 18.9 Å². The fourth-order valence-electron chi connectivity index (χ4n) is 5.57. The van der Waals surface area contributed by atoms with Crippen molar-refractivity contribution in [3.63, 3.8) is 0 Å². The Kier molecular flexibility index (Phi) is 7.39. The predicted molar refractivity (Wildman–Crippen MR) is 158 cm³/mol. The number of nitrogens with zero attached hydrogens (tertiary/aromatic N) is 1. The highest BCUT2D eigenvalue weighted by Crippen LogP contribution is 2.52. The summed E-state index contributed by atoms with van der Waals surface area (Å²) in [6, 6.07) is 18.7. The van der Waals surface area contributed by atoms with Crippen molar-refractivity contribution in [2.45, 2.75) is 46.1 Å². The molecule has 0 aliphatic carbocycles. The number of phenolic OH excluding ortho intramolecular Hbond substituents is 1. The van der Waals surface area contributed by atoms with Crippen LogP contribution in [0.1, 0.15) is 62.8 Å². The van der Waals surface area contributed by atoms with Gasteiger partial charge in [0.15, 0.2) is 6.10 Å². The van der Waals surface area contributed by atoms with Gasteiger partial charge >= 0.3 is 5.97 Å². The molecule has 7 heteroatoms. The Balaban J connectivity index is 1.30. The molecule has 3 heterocycles. The Labute approximate surface area is 241 Å². The van der Waals surface area contributed by atoms with Crippen molar-refractivity contribution in [1.29, 1.82) is 0 Å². The molecule has 3 aromatic carbocycles. The van der Waals surface area contributed by atoms with Crippen molar-refractivity contribution in [2.24, 2.45) is 5.41 Å². The monoisotopic (exact) mass is 555 g/mol. The molecular formula is C34H37NO6. The fraction of sp³-hybridized carbons (Fsp3) is 0.382. The van der Waals surface area contributed by atoms with E-state index in [1.165, 1.54) is 19.3 Å². The standard InChI is InChI=1S/C34H37NO6/c1-34(2,3)33(37)40-25-12-14-26-28-21-39-29-19-23(36)9-13-27(29)31(28)32(41-30(26)20-25)22-7-10-24(11-8-22)38-18-17-35-15-5-4-6-16-35/h7-14,19-20,32,36H,4-6,15-18,21H2,1-3H3/t32-/m1/s1. The molecule has 0 saturated carbocycles. The van der Waals surface area contributed by atoms with Crippen LogP contribution in [-0.2, 0) is 4.79 Å². The van der Waals surface area contributed by atoms with E-state index < -0.39 is 11.5 Å². The van der Waals surface area contributed by atoms with E-state index in [0.29, 0.717) is 30.5 Å². The van der Waals surface area contributed by atoms with Gasteiger partial charge in [-0.2, -0.15) is 0 Å². The molecule has 6 rings (SSSR count). The van der Waals surface area contributed by atoms with Crippen LogP contribution in [0.5, 0.6) is 28.7 Å². The topological polar surface area (TPSA) is 77.5 Å². The van der Waals surface area contributed by atoms with Gasteiger partial charge in [-0.25, -0.2) is 0 Å². The van der Waals surface area contributed by atoms with Gasteiger partial charge < -0.3 is 24.1 Å². The minimum Gasteiger partial charge on any atom is -0.508 e. The maximum absolute atomic E-state index is 12.6. The highest BCUT2D eigenvalue weighted by molar-refractivity contribution is 5.99. The van der Waals surface area contributed by atoms with Crippen LogP contribution in [0.15, 0.2) is 60.7 Å². The smallest absolute Gasteiger partial charge is 0.316 e. The number of benzene rings is 3. The summed E-state index contributed by atoms with van der Waals surface area (Å²) in [5.41, 5.74) is 4.11. The third-order valence-electron chi connectivity index (χ3n) is 7.87. The SMILES string of the molecule is CC(C)(C)C(=O)Oc1ccc2c(c1)O[C@H](c1ccc(OCCN3CCCCC3)cc1)C1=C2COc2cc(O)ccc21. The largest absolute Gasteiger partial charge is 0.508 e. The number of likely N-dealkylation sites (tertiary alicyclic amines) is 1. The van der Waals surface area contributed by atoms with Crippen molar-refractivity contribution in [1.82, 2.24) is 4.90 Å². The Bertz CT molecular complexity index is 1460. The summed E-state index contributed by atoms with van der Waals surface area (Å²) in [7, 11) is 0. The van der Waals surface area contributed by atoms with Gasteiger partial charge in [0, 0.05) is 41.0 Å². The number of phenols is 1. The number of piperidine rings is 1. The Hall–Kier alpha value is -3.97. The van der Waals surface area contributed by atoms with Crippen LogP contribution in [0.3, 0.4) is 0 Å². The van der Waals surface area contributed by atoms with Gasteiger partial charge in [-0.05, 0) is 88.7 Å². The van der Waals surface area contributed by atoms with E-state index in [4.69, 9.17) is 18.9 Å². The van der Waals surface area contributed by atoms with Crippen molar-refractivity contribution in [2.75, 3.05) is 32.8 Å². The highest BCUT2D eigenvalue weighted by atomic mass is 16.5. The zero-order chi connectivity index (χ0) is 28.6. The lowest BCUT2D eigenvalue weighted by Crippen LogP contribution is -2.33. The molecule has 0 aromatic heterocycles. The van der Waals surface area contributed by atoms with Crippen LogP contribution in [0.4, 0.5) is 0 Å². The molecule has 0 spiro atoms. The Morgan fingerprint density at radius 2 is 1.66 bits per heavy atom. The summed E-state index contributed by atoms with van der Waals surface area (Å²) >= 11 is 0. The third kappa shape index (κ3) is 5.77. The van der Waals surface area contributed by atoms with Crippen molar-refractivity contribution in [3.8, 4) is 28.7 Å². The van der Waals surface area contributed by atoms with E-state index in [1.54, 1.807) is 24.3 Å².